The average molecular weight is 246 g/mol. The van der Waals surface area contributed by atoms with Crippen LogP contribution in [-0.2, 0) is 6.42 Å². The monoisotopic (exact) mass is 246 g/mol. The number of hydrogen-bond acceptors (Lipinski definition) is 2. The summed E-state index contributed by atoms with van der Waals surface area (Å²) in [6.07, 6.45) is 2.46. The molecule has 1 aliphatic rings. The quantitative estimate of drug-likeness (QED) is 0.878. The Labute approximate surface area is 111 Å². The molecule has 2 unspecified atom stereocenters. The number of rotatable bonds is 4. The van der Waals surface area contributed by atoms with Gasteiger partial charge in [0.15, 0.2) is 0 Å². The fourth-order valence-corrected chi connectivity index (χ4v) is 3.03. The Morgan fingerprint density at radius 2 is 2.06 bits per heavy atom. The summed E-state index contributed by atoms with van der Waals surface area (Å²) in [7, 11) is 2.26. The van der Waals surface area contributed by atoms with Gasteiger partial charge in [0, 0.05) is 18.1 Å². The van der Waals surface area contributed by atoms with Crippen molar-refractivity contribution in [3.05, 3.63) is 35.4 Å². The zero-order chi connectivity index (χ0) is 13.1. The van der Waals surface area contributed by atoms with Crippen LogP contribution in [0.25, 0.3) is 0 Å². The molecule has 0 aromatic heterocycles. The molecule has 2 rings (SSSR count). The van der Waals surface area contributed by atoms with E-state index in [1.165, 1.54) is 24.0 Å². The lowest BCUT2D eigenvalue weighted by Gasteiger charge is -2.41. The Morgan fingerprint density at radius 3 is 2.72 bits per heavy atom. The highest BCUT2D eigenvalue weighted by Gasteiger charge is 2.32. The molecule has 0 amide bonds. The van der Waals surface area contributed by atoms with Crippen molar-refractivity contribution in [1.82, 2.24) is 10.2 Å². The zero-order valence-corrected chi connectivity index (χ0v) is 12.1. The van der Waals surface area contributed by atoms with Gasteiger partial charge in [-0.15, -0.1) is 0 Å². The molecule has 0 fully saturated rings. The number of benzene rings is 1. The summed E-state index contributed by atoms with van der Waals surface area (Å²) in [5.74, 6) is 0. The van der Waals surface area contributed by atoms with Gasteiger partial charge in [-0.1, -0.05) is 31.2 Å². The van der Waals surface area contributed by atoms with E-state index >= 15 is 0 Å². The number of fused-ring (bicyclic) bond motifs is 1. The van der Waals surface area contributed by atoms with E-state index in [1.54, 1.807) is 0 Å². The van der Waals surface area contributed by atoms with E-state index in [9.17, 15) is 0 Å². The molecular formula is C16H26N2. The molecule has 0 saturated carbocycles. The first kappa shape index (κ1) is 13.6. The third-order valence-electron chi connectivity index (χ3n) is 4.25. The Balaban J connectivity index is 2.29. The topological polar surface area (TPSA) is 15.3 Å². The van der Waals surface area contributed by atoms with Gasteiger partial charge in [-0.3, -0.25) is 4.90 Å². The normalized spacial score (nSPS) is 23.4. The van der Waals surface area contributed by atoms with E-state index in [1.807, 2.05) is 0 Å². The van der Waals surface area contributed by atoms with Crippen molar-refractivity contribution in [1.29, 1.82) is 0 Å². The van der Waals surface area contributed by atoms with Crippen molar-refractivity contribution in [2.24, 2.45) is 0 Å². The van der Waals surface area contributed by atoms with Crippen LogP contribution < -0.4 is 5.32 Å². The molecule has 0 heterocycles. The van der Waals surface area contributed by atoms with Crippen molar-refractivity contribution in [2.75, 3.05) is 13.6 Å². The van der Waals surface area contributed by atoms with Gasteiger partial charge < -0.3 is 5.32 Å². The molecule has 0 spiro atoms. The smallest absolute Gasteiger partial charge is 0.0480 e. The van der Waals surface area contributed by atoms with E-state index in [2.05, 4.69) is 62.3 Å². The van der Waals surface area contributed by atoms with Crippen molar-refractivity contribution in [3.63, 3.8) is 0 Å². The van der Waals surface area contributed by atoms with Gasteiger partial charge in [0.2, 0.25) is 0 Å². The third kappa shape index (κ3) is 2.60. The highest BCUT2D eigenvalue weighted by Crippen LogP contribution is 2.33. The minimum absolute atomic E-state index is 0.479. The number of hydrogen-bond donors (Lipinski definition) is 1. The number of likely N-dealkylation sites (N-methyl/N-ethyl adjacent to an activating group) is 2. The Bertz CT molecular complexity index is 386. The molecule has 1 N–H and O–H groups in total. The molecule has 0 bridgehead atoms. The molecule has 0 radical (unpaired) electrons. The predicted molar refractivity (Wildman–Crippen MR) is 77.9 cm³/mol. The second-order valence-corrected chi connectivity index (χ2v) is 5.60. The number of nitrogens with one attached hydrogen (secondary N) is 1. The standard InChI is InChI=1S/C16H26N2/c1-5-17-16-14-9-7-6-8-13(14)10-11-15(16)18(4)12(2)3/h6-9,12,15-17H,5,10-11H2,1-4H3. The van der Waals surface area contributed by atoms with Crippen molar-refractivity contribution >= 4 is 0 Å². The van der Waals surface area contributed by atoms with Crippen LogP contribution in [0.15, 0.2) is 24.3 Å². The lowest BCUT2D eigenvalue weighted by molar-refractivity contribution is 0.140. The summed E-state index contributed by atoms with van der Waals surface area (Å²) in [4.78, 5) is 2.52. The van der Waals surface area contributed by atoms with Crippen molar-refractivity contribution in [3.8, 4) is 0 Å². The van der Waals surface area contributed by atoms with Crippen molar-refractivity contribution in [2.45, 2.75) is 51.7 Å². The second kappa shape index (κ2) is 5.85. The fraction of sp³-hybridized carbons (Fsp3) is 0.625. The molecule has 100 valence electrons. The van der Waals surface area contributed by atoms with Gasteiger partial charge in [-0.05, 0) is 51.4 Å². The van der Waals surface area contributed by atoms with Gasteiger partial charge in [0.1, 0.15) is 0 Å². The van der Waals surface area contributed by atoms with Crippen LogP contribution in [0.3, 0.4) is 0 Å². The van der Waals surface area contributed by atoms with Crippen molar-refractivity contribution < 1.29 is 0 Å². The minimum atomic E-state index is 0.479. The summed E-state index contributed by atoms with van der Waals surface area (Å²) in [6, 6.07) is 10.6. The maximum absolute atomic E-state index is 3.68. The summed E-state index contributed by atoms with van der Waals surface area (Å²) < 4.78 is 0. The van der Waals surface area contributed by atoms with E-state index in [4.69, 9.17) is 0 Å². The zero-order valence-electron chi connectivity index (χ0n) is 12.1. The van der Waals surface area contributed by atoms with E-state index in [-0.39, 0.29) is 0 Å². The Morgan fingerprint density at radius 1 is 1.33 bits per heavy atom. The summed E-state index contributed by atoms with van der Waals surface area (Å²) in [5.41, 5.74) is 3.03. The molecule has 2 nitrogen and oxygen atoms in total. The largest absolute Gasteiger partial charge is 0.309 e. The lowest BCUT2D eigenvalue weighted by atomic mass is 9.83. The van der Waals surface area contributed by atoms with Gasteiger partial charge in [-0.2, -0.15) is 0 Å². The molecule has 2 heteroatoms. The molecule has 1 aromatic rings. The maximum atomic E-state index is 3.68. The number of aryl methyl sites for hydroxylation is 1. The first-order valence-corrected chi connectivity index (χ1v) is 7.18. The summed E-state index contributed by atoms with van der Waals surface area (Å²) >= 11 is 0. The van der Waals surface area contributed by atoms with Gasteiger partial charge in [-0.25, -0.2) is 0 Å². The van der Waals surface area contributed by atoms with Crippen LogP contribution in [0.4, 0.5) is 0 Å². The SMILES string of the molecule is CCNC1c2ccccc2CCC1N(C)C(C)C. The molecule has 1 aliphatic carbocycles. The van der Waals surface area contributed by atoms with Crippen LogP contribution >= 0.6 is 0 Å². The highest BCUT2D eigenvalue weighted by molar-refractivity contribution is 5.34. The highest BCUT2D eigenvalue weighted by atomic mass is 15.2. The molecule has 0 aliphatic heterocycles. The average Bonchev–Trinajstić information content (AvgIpc) is 2.38. The van der Waals surface area contributed by atoms with E-state index in [0.717, 1.165) is 6.54 Å². The molecule has 1 aromatic carbocycles. The molecule has 18 heavy (non-hydrogen) atoms. The van der Waals surface area contributed by atoms with E-state index < -0.39 is 0 Å². The molecule has 2 atom stereocenters. The lowest BCUT2D eigenvalue weighted by Crippen LogP contribution is -2.48. The molecule has 0 saturated heterocycles. The number of nitrogens with zero attached hydrogens (tertiary/aromatic N) is 1. The van der Waals surface area contributed by atoms with Crippen LogP contribution in [-0.4, -0.2) is 30.6 Å². The van der Waals surface area contributed by atoms with Crippen LogP contribution in [0.2, 0.25) is 0 Å². The fourth-order valence-electron chi connectivity index (χ4n) is 3.03. The Kier molecular flexibility index (Phi) is 4.41. The molecular weight excluding hydrogens is 220 g/mol. The van der Waals surface area contributed by atoms with E-state index in [0.29, 0.717) is 18.1 Å². The van der Waals surface area contributed by atoms with Crippen LogP contribution in [0, 0.1) is 0 Å². The Hall–Kier alpha value is -0.860. The first-order valence-electron chi connectivity index (χ1n) is 7.18. The second-order valence-electron chi connectivity index (χ2n) is 5.60. The minimum Gasteiger partial charge on any atom is -0.309 e. The van der Waals surface area contributed by atoms with Crippen LogP contribution in [0.1, 0.15) is 44.4 Å². The summed E-state index contributed by atoms with van der Waals surface area (Å²) in [6.45, 7) is 7.79. The van der Waals surface area contributed by atoms with Gasteiger partial charge in [0.05, 0.1) is 0 Å². The van der Waals surface area contributed by atoms with Gasteiger partial charge >= 0.3 is 0 Å². The van der Waals surface area contributed by atoms with Gasteiger partial charge in [0.25, 0.3) is 0 Å². The maximum Gasteiger partial charge on any atom is 0.0480 e. The first-order chi connectivity index (χ1) is 8.65. The summed E-state index contributed by atoms with van der Waals surface area (Å²) in [5, 5.41) is 3.68. The predicted octanol–water partition coefficient (Wildman–Crippen LogP) is 2.99. The third-order valence-corrected chi connectivity index (χ3v) is 4.25. The van der Waals surface area contributed by atoms with Crippen LogP contribution in [0.5, 0.6) is 0 Å².